The van der Waals surface area contributed by atoms with Gasteiger partial charge in [-0.2, -0.15) is 0 Å². The molecule has 128 valence electrons. The summed E-state index contributed by atoms with van der Waals surface area (Å²) in [5.41, 5.74) is 0.481. The fraction of sp³-hybridized carbons (Fsp3) is 0.133. The van der Waals surface area contributed by atoms with Gasteiger partial charge in [0.25, 0.3) is 0 Å². The highest BCUT2D eigenvalue weighted by molar-refractivity contribution is 7.92. The average molecular weight is 368 g/mol. The first-order valence-electron chi connectivity index (χ1n) is 6.75. The van der Waals surface area contributed by atoms with Crippen molar-refractivity contribution in [3.63, 3.8) is 0 Å². The van der Waals surface area contributed by atoms with Crippen LogP contribution >= 0.6 is 0 Å². The minimum absolute atomic E-state index is 0.116. The van der Waals surface area contributed by atoms with Gasteiger partial charge in [0, 0.05) is 11.1 Å². The van der Waals surface area contributed by atoms with Crippen LogP contribution in [0.1, 0.15) is 15.9 Å². The second-order valence-corrected chi connectivity index (χ2v) is 8.67. The van der Waals surface area contributed by atoms with Crippen LogP contribution in [0.3, 0.4) is 0 Å². The third-order valence-electron chi connectivity index (χ3n) is 2.93. The van der Waals surface area contributed by atoms with Gasteiger partial charge in [-0.3, -0.25) is 14.2 Å². The number of para-hydroxylation sites is 2. The zero-order chi connectivity index (χ0) is 18.0. The molecule has 2 rings (SSSR count). The molecule has 0 spiro atoms. The van der Waals surface area contributed by atoms with Crippen LogP contribution in [0.5, 0.6) is 0 Å². The Bertz CT molecular complexity index is 903. The molecule has 7 nitrogen and oxygen atoms in total. The third-order valence-corrected chi connectivity index (χ3v) is 4.12. The van der Waals surface area contributed by atoms with Gasteiger partial charge in [-0.1, -0.05) is 24.3 Å². The molecule has 0 amide bonds. The minimum Gasteiger partial charge on any atom is -0.288 e. The summed E-state index contributed by atoms with van der Waals surface area (Å²) in [5, 5.41) is 0. The molecule has 0 aliphatic rings. The van der Waals surface area contributed by atoms with E-state index in [0.717, 1.165) is 12.5 Å². The average Bonchev–Trinajstić information content (AvgIpc) is 2.44. The van der Waals surface area contributed by atoms with Crippen molar-refractivity contribution in [3.8, 4) is 0 Å². The highest BCUT2D eigenvalue weighted by Crippen LogP contribution is 2.24. The van der Waals surface area contributed by atoms with Gasteiger partial charge in [-0.25, -0.2) is 16.8 Å². The zero-order valence-corrected chi connectivity index (χ0v) is 14.6. The second-order valence-electron chi connectivity index (χ2n) is 5.17. The normalized spacial score (nSPS) is 11.8. The third kappa shape index (κ3) is 4.80. The van der Waals surface area contributed by atoms with E-state index in [1.807, 2.05) is 0 Å². The molecular formula is C15H16N2O5S2. The number of nitrogens with one attached hydrogen (secondary N) is 2. The van der Waals surface area contributed by atoms with Crippen LogP contribution in [-0.2, 0) is 20.0 Å². The van der Waals surface area contributed by atoms with E-state index >= 15 is 0 Å². The van der Waals surface area contributed by atoms with Gasteiger partial charge in [0.2, 0.25) is 20.0 Å². The molecule has 2 N–H and O–H groups in total. The Morgan fingerprint density at radius 2 is 1.04 bits per heavy atom. The van der Waals surface area contributed by atoms with E-state index in [-0.39, 0.29) is 22.5 Å². The summed E-state index contributed by atoms with van der Waals surface area (Å²) < 4.78 is 50.4. The molecular weight excluding hydrogens is 352 g/mol. The van der Waals surface area contributed by atoms with Gasteiger partial charge >= 0.3 is 0 Å². The summed E-state index contributed by atoms with van der Waals surface area (Å²) >= 11 is 0. The Hall–Kier alpha value is -2.39. The minimum atomic E-state index is -3.57. The number of carbonyl (C=O) groups excluding carboxylic acids is 1. The van der Waals surface area contributed by atoms with E-state index in [4.69, 9.17) is 0 Å². The van der Waals surface area contributed by atoms with E-state index in [0.29, 0.717) is 0 Å². The fourth-order valence-corrected chi connectivity index (χ4v) is 3.24. The van der Waals surface area contributed by atoms with E-state index in [9.17, 15) is 21.6 Å². The number of rotatable bonds is 6. The van der Waals surface area contributed by atoms with Crippen LogP contribution in [0.2, 0.25) is 0 Å². The van der Waals surface area contributed by atoms with Crippen molar-refractivity contribution in [2.45, 2.75) is 0 Å². The van der Waals surface area contributed by atoms with Crippen molar-refractivity contribution in [1.29, 1.82) is 0 Å². The lowest BCUT2D eigenvalue weighted by Gasteiger charge is -2.13. The first-order valence-corrected chi connectivity index (χ1v) is 10.5. The van der Waals surface area contributed by atoms with Crippen molar-refractivity contribution < 1.29 is 21.6 Å². The Morgan fingerprint density at radius 3 is 1.38 bits per heavy atom. The highest BCUT2D eigenvalue weighted by atomic mass is 32.2. The fourth-order valence-electron chi connectivity index (χ4n) is 2.08. The van der Waals surface area contributed by atoms with E-state index in [1.54, 1.807) is 24.3 Å². The van der Waals surface area contributed by atoms with E-state index in [2.05, 4.69) is 9.44 Å². The monoisotopic (exact) mass is 368 g/mol. The molecule has 0 aliphatic heterocycles. The quantitative estimate of drug-likeness (QED) is 0.754. The summed E-state index contributed by atoms with van der Waals surface area (Å²) in [4.78, 5) is 12.8. The van der Waals surface area contributed by atoms with Gasteiger partial charge in [0.05, 0.1) is 23.9 Å². The summed E-state index contributed by atoms with van der Waals surface area (Å²) in [6.45, 7) is 0. The summed E-state index contributed by atoms with van der Waals surface area (Å²) in [7, 11) is -7.14. The number of anilines is 2. The molecule has 0 atom stereocenters. The van der Waals surface area contributed by atoms with Crippen LogP contribution in [0.25, 0.3) is 0 Å². The highest BCUT2D eigenvalue weighted by Gasteiger charge is 2.19. The number of carbonyl (C=O) groups is 1. The number of hydrogen-bond acceptors (Lipinski definition) is 5. The Morgan fingerprint density at radius 1 is 0.708 bits per heavy atom. The molecule has 2 aromatic rings. The molecule has 0 saturated heterocycles. The first-order chi connectivity index (χ1) is 11.1. The maximum Gasteiger partial charge on any atom is 0.229 e. The van der Waals surface area contributed by atoms with Crippen LogP contribution in [0.4, 0.5) is 11.4 Å². The van der Waals surface area contributed by atoms with Crippen molar-refractivity contribution in [3.05, 3.63) is 59.7 Å². The molecule has 0 fully saturated rings. The van der Waals surface area contributed by atoms with Gasteiger partial charge in [0.1, 0.15) is 0 Å². The molecule has 0 radical (unpaired) electrons. The molecule has 2 aromatic carbocycles. The predicted octanol–water partition coefficient (Wildman–Crippen LogP) is 1.66. The van der Waals surface area contributed by atoms with Crippen molar-refractivity contribution >= 4 is 37.2 Å². The summed E-state index contributed by atoms with van der Waals surface area (Å²) in [6.07, 6.45) is 1.96. The standard InChI is InChI=1S/C15H16N2O5S2/c1-23(19,20)16-13-9-5-3-7-11(13)15(18)12-8-4-6-10-14(12)17-24(2,21)22/h3-10,16-17H,1-2H3. The topological polar surface area (TPSA) is 109 Å². The largest absolute Gasteiger partial charge is 0.288 e. The Balaban J connectivity index is 2.51. The summed E-state index contributed by atoms with van der Waals surface area (Å²) in [5.74, 6) is -0.506. The Labute approximate surface area is 140 Å². The van der Waals surface area contributed by atoms with Gasteiger partial charge in [0.15, 0.2) is 5.78 Å². The predicted molar refractivity (Wildman–Crippen MR) is 93.2 cm³/mol. The maximum absolute atomic E-state index is 12.8. The molecule has 0 unspecified atom stereocenters. The van der Waals surface area contributed by atoms with Crippen LogP contribution < -0.4 is 9.44 Å². The molecule has 0 aromatic heterocycles. The maximum atomic E-state index is 12.8. The van der Waals surface area contributed by atoms with Gasteiger partial charge in [-0.05, 0) is 24.3 Å². The van der Waals surface area contributed by atoms with Crippen molar-refractivity contribution in [2.24, 2.45) is 0 Å². The number of ketones is 1. The molecule has 0 saturated carbocycles. The smallest absolute Gasteiger partial charge is 0.229 e. The number of sulfonamides is 2. The molecule has 24 heavy (non-hydrogen) atoms. The lowest BCUT2D eigenvalue weighted by atomic mass is 10.0. The van der Waals surface area contributed by atoms with Crippen molar-refractivity contribution in [2.75, 3.05) is 22.0 Å². The van der Waals surface area contributed by atoms with Crippen LogP contribution in [-0.4, -0.2) is 35.1 Å². The van der Waals surface area contributed by atoms with Crippen LogP contribution in [0, 0.1) is 0 Å². The number of hydrogen-bond donors (Lipinski definition) is 2. The molecule has 0 aliphatic carbocycles. The lowest BCUT2D eigenvalue weighted by Crippen LogP contribution is -2.16. The number of benzene rings is 2. The lowest BCUT2D eigenvalue weighted by molar-refractivity contribution is 0.104. The van der Waals surface area contributed by atoms with Gasteiger partial charge in [-0.15, -0.1) is 0 Å². The van der Waals surface area contributed by atoms with Gasteiger partial charge < -0.3 is 0 Å². The van der Waals surface area contributed by atoms with Crippen LogP contribution in [0.15, 0.2) is 48.5 Å². The van der Waals surface area contributed by atoms with Crippen molar-refractivity contribution in [1.82, 2.24) is 0 Å². The first kappa shape index (κ1) is 18.0. The molecule has 9 heteroatoms. The SMILES string of the molecule is CS(=O)(=O)Nc1ccccc1C(=O)c1ccccc1NS(C)(=O)=O. The van der Waals surface area contributed by atoms with E-state index in [1.165, 1.54) is 24.3 Å². The zero-order valence-electron chi connectivity index (χ0n) is 13.0. The molecule has 0 bridgehead atoms. The second kappa shape index (κ2) is 6.62. The molecule has 0 heterocycles. The van der Waals surface area contributed by atoms with E-state index < -0.39 is 25.8 Å². The summed E-state index contributed by atoms with van der Waals surface area (Å²) in [6, 6.07) is 12.2. The Kier molecular flexibility index (Phi) is 4.95.